The van der Waals surface area contributed by atoms with E-state index >= 15 is 0 Å². The van der Waals surface area contributed by atoms with E-state index in [1.165, 1.54) is 6.26 Å². The summed E-state index contributed by atoms with van der Waals surface area (Å²) in [4.78, 5) is 4.54. The molecule has 0 aromatic rings. The molecule has 0 saturated carbocycles. The van der Waals surface area contributed by atoms with Crippen molar-refractivity contribution in [3.05, 3.63) is 0 Å². The number of guanidine groups is 1. The maximum absolute atomic E-state index is 11.5. The first-order valence-corrected chi connectivity index (χ1v) is 9.65. The molecule has 0 aromatic heterocycles. The van der Waals surface area contributed by atoms with Gasteiger partial charge < -0.3 is 10.6 Å². The van der Waals surface area contributed by atoms with E-state index in [1.54, 1.807) is 4.31 Å². The number of piperidine rings is 1. The van der Waals surface area contributed by atoms with Crippen LogP contribution < -0.4 is 10.6 Å². The van der Waals surface area contributed by atoms with Gasteiger partial charge in [0.15, 0.2) is 5.96 Å². The molecule has 0 amide bonds. The van der Waals surface area contributed by atoms with Crippen LogP contribution in [0, 0.1) is 11.8 Å². The Labute approximate surface area is 152 Å². The zero-order valence-electron chi connectivity index (χ0n) is 14.1. The minimum Gasteiger partial charge on any atom is -0.357 e. The average Bonchev–Trinajstić information content (AvgIpc) is 2.41. The summed E-state index contributed by atoms with van der Waals surface area (Å²) in [6, 6.07) is 0. The van der Waals surface area contributed by atoms with Crippen molar-refractivity contribution in [2.45, 2.75) is 33.6 Å². The molecule has 1 fully saturated rings. The fourth-order valence-corrected chi connectivity index (χ4v) is 3.18. The van der Waals surface area contributed by atoms with E-state index in [1.807, 2.05) is 0 Å². The van der Waals surface area contributed by atoms with Crippen molar-refractivity contribution in [1.82, 2.24) is 14.9 Å². The average molecular weight is 446 g/mol. The fraction of sp³-hybridized carbons (Fsp3) is 0.929. The zero-order valence-corrected chi connectivity index (χ0v) is 17.3. The minimum absolute atomic E-state index is 0. The normalized spacial score (nSPS) is 18.1. The Morgan fingerprint density at radius 3 is 2.32 bits per heavy atom. The van der Waals surface area contributed by atoms with Crippen LogP contribution in [0.5, 0.6) is 0 Å². The third-order valence-electron chi connectivity index (χ3n) is 3.56. The number of aliphatic imine (C=N–C) groups is 1. The molecule has 0 aromatic carbocycles. The van der Waals surface area contributed by atoms with Crippen LogP contribution in [0.3, 0.4) is 0 Å². The molecule has 1 saturated heterocycles. The van der Waals surface area contributed by atoms with Gasteiger partial charge in [-0.1, -0.05) is 13.8 Å². The lowest BCUT2D eigenvalue weighted by Gasteiger charge is -2.30. The van der Waals surface area contributed by atoms with E-state index in [2.05, 4.69) is 36.4 Å². The standard InChI is InChI=1S/C14H30N4O2S.HI/c1-5-15-14(16-10-12(2)3)17-11-13-6-8-18(9-7-13)21(4,19)20;/h12-13H,5-11H2,1-4H3,(H2,15,16,17);1H. The smallest absolute Gasteiger partial charge is 0.211 e. The van der Waals surface area contributed by atoms with Gasteiger partial charge in [0.05, 0.1) is 6.26 Å². The van der Waals surface area contributed by atoms with Crippen LogP contribution in [0.2, 0.25) is 0 Å². The lowest BCUT2D eigenvalue weighted by Crippen LogP contribution is -2.44. The summed E-state index contributed by atoms with van der Waals surface area (Å²) in [6.07, 6.45) is 3.10. The van der Waals surface area contributed by atoms with Gasteiger partial charge in [-0.3, -0.25) is 4.99 Å². The molecule has 0 bridgehead atoms. The molecule has 132 valence electrons. The van der Waals surface area contributed by atoms with E-state index in [4.69, 9.17) is 0 Å². The van der Waals surface area contributed by atoms with Crippen molar-refractivity contribution >= 4 is 40.0 Å². The first-order chi connectivity index (χ1) is 9.82. The van der Waals surface area contributed by atoms with Crippen LogP contribution in [-0.4, -0.2) is 57.7 Å². The summed E-state index contributed by atoms with van der Waals surface area (Å²) in [7, 11) is -3.03. The topological polar surface area (TPSA) is 73.8 Å². The molecule has 0 spiro atoms. The van der Waals surface area contributed by atoms with Gasteiger partial charge >= 0.3 is 0 Å². The van der Waals surface area contributed by atoms with Crippen LogP contribution in [0.15, 0.2) is 4.99 Å². The van der Waals surface area contributed by atoms with Gasteiger partial charge in [-0.2, -0.15) is 0 Å². The number of halogens is 1. The highest BCUT2D eigenvalue weighted by molar-refractivity contribution is 14.0. The van der Waals surface area contributed by atoms with E-state index in [0.29, 0.717) is 24.9 Å². The number of sulfonamides is 1. The maximum atomic E-state index is 11.5. The largest absolute Gasteiger partial charge is 0.357 e. The van der Waals surface area contributed by atoms with Gasteiger partial charge in [0.25, 0.3) is 0 Å². The molecule has 1 aliphatic rings. The Morgan fingerprint density at radius 1 is 1.27 bits per heavy atom. The van der Waals surface area contributed by atoms with Crippen molar-refractivity contribution in [2.75, 3.05) is 39.0 Å². The van der Waals surface area contributed by atoms with E-state index in [9.17, 15) is 8.42 Å². The molecule has 2 N–H and O–H groups in total. The molecule has 6 nitrogen and oxygen atoms in total. The van der Waals surface area contributed by atoms with Crippen molar-refractivity contribution in [1.29, 1.82) is 0 Å². The van der Waals surface area contributed by atoms with Gasteiger partial charge in [-0.15, -0.1) is 24.0 Å². The van der Waals surface area contributed by atoms with Crippen LogP contribution in [0.4, 0.5) is 0 Å². The molecule has 8 heteroatoms. The predicted octanol–water partition coefficient (Wildman–Crippen LogP) is 1.49. The van der Waals surface area contributed by atoms with Gasteiger partial charge in [-0.05, 0) is 31.6 Å². The van der Waals surface area contributed by atoms with Gasteiger partial charge in [0.2, 0.25) is 10.0 Å². The summed E-state index contributed by atoms with van der Waals surface area (Å²) in [6.45, 7) is 10.1. The van der Waals surface area contributed by atoms with E-state index in [0.717, 1.165) is 38.4 Å². The SMILES string of the molecule is CCNC(=NCC(C)C)NCC1CCN(S(C)(=O)=O)CC1.I. The molecule has 1 heterocycles. The molecule has 0 aliphatic carbocycles. The van der Waals surface area contributed by atoms with Crippen LogP contribution in [0.1, 0.15) is 33.6 Å². The Kier molecular flexibility index (Phi) is 10.6. The lowest BCUT2D eigenvalue weighted by atomic mass is 9.98. The second kappa shape index (κ2) is 10.6. The monoisotopic (exact) mass is 446 g/mol. The molecule has 0 atom stereocenters. The number of nitrogens with zero attached hydrogens (tertiary/aromatic N) is 2. The van der Waals surface area contributed by atoms with Crippen molar-refractivity contribution in [3.8, 4) is 0 Å². The highest BCUT2D eigenvalue weighted by Crippen LogP contribution is 2.18. The number of hydrogen-bond donors (Lipinski definition) is 2. The Hall–Kier alpha value is -0.0900. The molecule has 1 aliphatic heterocycles. The van der Waals surface area contributed by atoms with Gasteiger partial charge in [0, 0.05) is 32.7 Å². The van der Waals surface area contributed by atoms with Gasteiger partial charge in [0.1, 0.15) is 0 Å². The second-order valence-electron chi connectivity index (χ2n) is 6.10. The van der Waals surface area contributed by atoms with Gasteiger partial charge in [-0.25, -0.2) is 12.7 Å². The summed E-state index contributed by atoms with van der Waals surface area (Å²) >= 11 is 0. The quantitative estimate of drug-likeness (QED) is 0.369. The van der Waals surface area contributed by atoms with Crippen molar-refractivity contribution in [3.63, 3.8) is 0 Å². The minimum atomic E-state index is -3.03. The Morgan fingerprint density at radius 2 is 1.86 bits per heavy atom. The third-order valence-corrected chi connectivity index (χ3v) is 4.86. The lowest BCUT2D eigenvalue weighted by molar-refractivity contribution is 0.275. The number of nitrogens with one attached hydrogen (secondary N) is 2. The van der Waals surface area contributed by atoms with E-state index < -0.39 is 10.0 Å². The van der Waals surface area contributed by atoms with Crippen LogP contribution in [0.25, 0.3) is 0 Å². The van der Waals surface area contributed by atoms with Crippen molar-refractivity contribution < 1.29 is 8.42 Å². The molecular weight excluding hydrogens is 415 g/mol. The highest BCUT2D eigenvalue weighted by atomic mass is 127. The zero-order chi connectivity index (χ0) is 15.9. The maximum Gasteiger partial charge on any atom is 0.211 e. The predicted molar refractivity (Wildman–Crippen MR) is 103 cm³/mol. The molecule has 0 radical (unpaired) electrons. The first kappa shape index (κ1) is 21.9. The Balaban J connectivity index is 0.00000441. The number of hydrogen-bond acceptors (Lipinski definition) is 3. The third kappa shape index (κ3) is 8.52. The fourth-order valence-electron chi connectivity index (χ4n) is 2.30. The highest BCUT2D eigenvalue weighted by Gasteiger charge is 2.24. The summed E-state index contributed by atoms with van der Waals surface area (Å²) in [5.41, 5.74) is 0. The number of rotatable bonds is 6. The summed E-state index contributed by atoms with van der Waals surface area (Å²) in [5, 5.41) is 6.61. The second-order valence-corrected chi connectivity index (χ2v) is 8.08. The first-order valence-electron chi connectivity index (χ1n) is 7.80. The Bertz CT molecular complexity index is 432. The van der Waals surface area contributed by atoms with E-state index in [-0.39, 0.29) is 24.0 Å². The summed E-state index contributed by atoms with van der Waals surface area (Å²) < 4.78 is 24.5. The van der Waals surface area contributed by atoms with Crippen molar-refractivity contribution in [2.24, 2.45) is 16.8 Å². The summed E-state index contributed by atoms with van der Waals surface area (Å²) in [5.74, 6) is 1.90. The molecule has 1 rings (SSSR count). The molecular formula is C14H31IN4O2S. The molecule has 22 heavy (non-hydrogen) atoms. The van der Waals surface area contributed by atoms with Crippen LogP contribution >= 0.6 is 24.0 Å². The van der Waals surface area contributed by atoms with Crippen LogP contribution in [-0.2, 0) is 10.0 Å². The molecule has 0 unspecified atom stereocenters.